The fourth-order valence-corrected chi connectivity index (χ4v) is 4.82. The normalized spacial score (nSPS) is 27.1. The fraction of sp³-hybridized carbons (Fsp3) is 0.450. The van der Waals surface area contributed by atoms with Crippen LogP contribution in [0.5, 0.6) is 0 Å². The Morgan fingerprint density at radius 1 is 1.33 bits per heavy atom. The van der Waals surface area contributed by atoms with Gasteiger partial charge in [-0.25, -0.2) is 0 Å². The number of amides is 1. The van der Waals surface area contributed by atoms with Gasteiger partial charge in [-0.3, -0.25) is 9.69 Å². The van der Waals surface area contributed by atoms with Crippen LogP contribution < -0.4 is 5.32 Å². The molecule has 0 unspecified atom stereocenters. The van der Waals surface area contributed by atoms with Crippen molar-refractivity contribution in [3.8, 4) is 0 Å². The summed E-state index contributed by atoms with van der Waals surface area (Å²) >= 11 is 1.45. The number of piperidine rings is 1. The molecule has 1 amide bonds. The number of carbonyl (C=O) groups is 1. The first-order valence-electron chi connectivity index (χ1n) is 9.23. The number of hydrogen-bond acceptors (Lipinski definition) is 6. The molecule has 6 nitrogen and oxygen atoms in total. The number of thiophene rings is 1. The molecule has 0 saturated carbocycles. The van der Waals surface area contributed by atoms with Gasteiger partial charge in [-0.1, -0.05) is 18.2 Å². The van der Waals surface area contributed by atoms with E-state index in [1.54, 1.807) is 0 Å². The van der Waals surface area contributed by atoms with Crippen molar-refractivity contribution in [2.24, 2.45) is 0 Å². The number of aryl methyl sites for hydroxylation is 1. The zero-order chi connectivity index (χ0) is 19.0. The summed E-state index contributed by atoms with van der Waals surface area (Å²) in [7, 11) is 0. The Kier molecular flexibility index (Phi) is 5.05. The Morgan fingerprint density at radius 2 is 2.19 bits per heavy atom. The van der Waals surface area contributed by atoms with Crippen molar-refractivity contribution in [1.29, 1.82) is 0 Å². The van der Waals surface area contributed by atoms with Crippen LogP contribution in [0.25, 0.3) is 0 Å². The molecular weight excluding hydrogens is 364 g/mol. The van der Waals surface area contributed by atoms with Crippen molar-refractivity contribution in [2.75, 3.05) is 25.0 Å². The Bertz CT molecular complexity index is 825. The number of anilines is 1. The molecule has 1 saturated heterocycles. The summed E-state index contributed by atoms with van der Waals surface area (Å²) in [5.74, 6) is 0.0244. The maximum absolute atomic E-state index is 11.5. The summed E-state index contributed by atoms with van der Waals surface area (Å²) in [4.78, 5) is 14.2. The van der Waals surface area contributed by atoms with Crippen molar-refractivity contribution >= 4 is 22.9 Å². The highest BCUT2D eigenvalue weighted by Gasteiger charge is 2.43. The highest BCUT2D eigenvalue weighted by molar-refractivity contribution is 7.10. The first kappa shape index (κ1) is 18.6. The number of likely N-dealkylation sites (tertiary alicyclic amines) is 1. The van der Waals surface area contributed by atoms with Crippen molar-refractivity contribution < 1.29 is 20.1 Å². The third-order valence-corrected chi connectivity index (χ3v) is 6.62. The van der Waals surface area contributed by atoms with Gasteiger partial charge in [0.05, 0.1) is 6.10 Å². The van der Waals surface area contributed by atoms with Crippen LogP contribution in [0, 0.1) is 0 Å². The fourth-order valence-electron chi connectivity index (χ4n) is 3.92. The molecule has 144 valence electrons. The van der Waals surface area contributed by atoms with E-state index in [-0.39, 0.29) is 5.91 Å². The summed E-state index contributed by atoms with van der Waals surface area (Å²) in [5.41, 5.74) is 1.45. The number of nitrogens with one attached hydrogen (secondary N) is 1. The first-order chi connectivity index (χ1) is 13.0. The molecular formula is C20H24N2O4S. The highest BCUT2D eigenvalue weighted by atomic mass is 32.1. The second kappa shape index (κ2) is 7.33. The molecule has 1 aromatic heterocycles. The minimum absolute atomic E-state index is 0.0244. The maximum Gasteiger partial charge on any atom is 0.224 e. The van der Waals surface area contributed by atoms with E-state index in [0.29, 0.717) is 38.9 Å². The minimum Gasteiger partial charge on any atom is -0.388 e. The lowest BCUT2D eigenvalue weighted by atomic mass is 9.87. The number of hydrogen-bond donors (Lipinski definition) is 4. The van der Waals surface area contributed by atoms with Crippen molar-refractivity contribution in [1.82, 2.24) is 4.90 Å². The number of aliphatic hydroxyl groups excluding tert-OH is 2. The van der Waals surface area contributed by atoms with E-state index in [9.17, 15) is 20.1 Å². The predicted molar refractivity (Wildman–Crippen MR) is 104 cm³/mol. The summed E-state index contributed by atoms with van der Waals surface area (Å²) in [6.45, 7) is 1.30. The lowest BCUT2D eigenvalue weighted by molar-refractivity contribution is -0.126. The topological polar surface area (TPSA) is 93.0 Å². The molecule has 3 heterocycles. The first-order valence-corrected chi connectivity index (χ1v) is 10.1. The molecule has 27 heavy (non-hydrogen) atoms. The largest absolute Gasteiger partial charge is 0.388 e. The lowest BCUT2D eigenvalue weighted by Gasteiger charge is -2.42. The summed E-state index contributed by atoms with van der Waals surface area (Å²) in [6.07, 6.45) is -0.00850. The second-order valence-corrected chi connectivity index (χ2v) is 8.36. The zero-order valence-corrected chi connectivity index (χ0v) is 15.8. The average molecular weight is 388 g/mol. The molecule has 7 heteroatoms. The molecule has 4 N–H and O–H groups in total. The molecule has 0 aliphatic carbocycles. The quantitative estimate of drug-likeness (QED) is 0.639. The van der Waals surface area contributed by atoms with E-state index in [4.69, 9.17) is 0 Å². The molecule has 2 aliphatic heterocycles. The molecule has 2 aliphatic rings. The molecule has 4 rings (SSSR count). The van der Waals surface area contributed by atoms with E-state index in [1.807, 2.05) is 40.6 Å². The number of carbonyl (C=O) groups excluding carboxylic acids is 1. The number of rotatable bonds is 4. The molecule has 1 aromatic carbocycles. The zero-order valence-electron chi connectivity index (χ0n) is 15.0. The van der Waals surface area contributed by atoms with Gasteiger partial charge in [0.15, 0.2) is 0 Å². The van der Waals surface area contributed by atoms with Crippen LogP contribution in [-0.2, 0) is 16.8 Å². The van der Waals surface area contributed by atoms with Crippen LogP contribution in [0.15, 0.2) is 35.7 Å². The van der Waals surface area contributed by atoms with Gasteiger partial charge >= 0.3 is 0 Å². The number of nitrogens with zero attached hydrogens (tertiary/aromatic N) is 1. The van der Waals surface area contributed by atoms with E-state index >= 15 is 0 Å². The van der Waals surface area contributed by atoms with Gasteiger partial charge in [0.1, 0.15) is 11.7 Å². The van der Waals surface area contributed by atoms with Crippen LogP contribution >= 0.6 is 11.3 Å². The number of β-amino-alcohol motifs (C(OH)–C–C–N with tert-alkyl or cyclic N) is 2. The SMILES string of the molecule is O=C1CCc2cc([C@H](O)CN3CC[C@@](O)(c4cccs4)[C@@H](O)C3)ccc2N1. The lowest BCUT2D eigenvalue weighted by Crippen LogP contribution is -2.53. The predicted octanol–water partition coefficient (Wildman–Crippen LogP) is 1.62. The third-order valence-electron chi connectivity index (χ3n) is 5.58. The van der Waals surface area contributed by atoms with Gasteiger partial charge < -0.3 is 20.6 Å². The van der Waals surface area contributed by atoms with Crippen molar-refractivity contribution in [3.63, 3.8) is 0 Å². The van der Waals surface area contributed by atoms with Crippen molar-refractivity contribution in [2.45, 2.75) is 37.1 Å². The van der Waals surface area contributed by atoms with E-state index in [1.165, 1.54) is 11.3 Å². The van der Waals surface area contributed by atoms with Gasteiger partial charge in [-0.15, -0.1) is 11.3 Å². The van der Waals surface area contributed by atoms with Gasteiger partial charge in [-0.05, 0) is 41.5 Å². The minimum atomic E-state index is -1.21. The Labute approximate surface area is 162 Å². The van der Waals surface area contributed by atoms with Crippen LogP contribution in [0.3, 0.4) is 0 Å². The molecule has 0 spiro atoms. The summed E-state index contributed by atoms with van der Waals surface area (Å²) in [6, 6.07) is 9.34. The van der Waals surface area contributed by atoms with E-state index < -0.39 is 17.8 Å². The van der Waals surface area contributed by atoms with Gasteiger partial charge in [0.2, 0.25) is 5.91 Å². The molecule has 1 fully saturated rings. The summed E-state index contributed by atoms with van der Waals surface area (Å²) < 4.78 is 0. The Morgan fingerprint density at radius 3 is 2.93 bits per heavy atom. The number of aliphatic hydroxyl groups is 3. The van der Waals surface area contributed by atoms with Crippen LogP contribution in [-0.4, -0.2) is 51.9 Å². The average Bonchev–Trinajstić information content (AvgIpc) is 3.20. The molecule has 0 bridgehead atoms. The second-order valence-electron chi connectivity index (χ2n) is 7.41. The Hall–Kier alpha value is -1.77. The molecule has 3 atom stereocenters. The van der Waals surface area contributed by atoms with E-state index in [2.05, 4.69) is 5.32 Å². The van der Waals surface area contributed by atoms with Crippen molar-refractivity contribution in [3.05, 3.63) is 51.7 Å². The third kappa shape index (κ3) is 3.66. The van der Waals surface area contributed by atoms with Crippen LogP contribution in [0.1, 0.15) is 34.9 Å². The van der Waals surface area contributed by atoms with E-state index in [0.717, 1.165) is 21.7 Å². The summed E-state index contributed by atoms with van der Waals surface area (Å²) in [5, 5.41) is 36.8. The van der Waals surface area contributed by atoms with Crippen LogP contribution in [0.4, 0.5) is 5.69 Å². The highest BCUT2D eigenvalue weighted by Crippen LogP contribution is 2.36. The van der Waals surface area contributed by atoms with Gasteiger partial charge in [0, 0.05) is 36.6 Å². The van der Waals surface area contributed by atoms with Gasteiger partial charge in [-0.2, -0.15) is 0 Å². The van der Waals surface area contributed by atoms with Crippen LogP contribution in [0.2, 0.25) is 0 Å². The monoisotopic (exact) mass is 388 g/mol. The standard InChI is InChI=1S/C20H24N2O4S/c23-16(14-3-5-15-13(10-14)4-6-19(25)21-15)11-22-8-7-20(26,17(24)12-22)18-2-1-9-27-18/h1-3,5,9-10,16-17,23-24,26H,4,6-8,11-12H2,(H,21,25)/t16-,17+,20+/m1/s1. The molecule has 0 radical (unpaired) electrons. The molecule has 2 aromatic rings. The number of benzene rings is 1. The number of fused-ring (bicyclic) bond motifs is 1. The van der Waals surface area contributed by atoms with Gasteiger partial charge in [0.25, 0.3) is 0 Å². The maximum atomic E-state index is 11.5. The Balaban J connectivity index is 1.41. The smallest absolute Gasteiger partial charge is 0.224 e.